The van der Waals surface area contributed by atoms with Crippen molar-refractivity contribution < 1.29 is 0 Å². The maximum Gasteiger partial charge on any atom is 0.0968 e. The number of H-pyrrole nitrogens is 1. The molecule has 1 aromatic heterocycles. The van der Waals surface area contributed by atoms with Crippen LogP contribution in [0.4, 0.5) is 0 Å². The fourth-order valence-electron chi connectivity index (χ4n) is 2.58. The molecule has 2 aromatic rings. The van der Waals surface area contributed by atoms with Crippen molar-refractivity contribution in [1.82, 2.24) is 15.5 Å². The summed E-state index contributed by atoms with van der Waals surface area (Å²) >= 11 is 0. The standard InChI is InChI=1S/C14H17N3/c1-9-5-10(2)7-11(6-9)14-12-8-15-4-3-13(12)16-17-14/h5-7,15H,3-4,8H2,1-2H3,(H,16,17). The van der Waals surface area contributed by atoms with E-state index in [1.165, 1.54) is 27.9 Å². The lowest BCUT2D eigenvalue weighted by Crippen LogP contribution is -2.23. The smallest absolute Gasteiger partial charge is 0.0968 e. The molecule has 3 nitrogen and oxygen atoms in total. The lowest BCUT2D eigenvalue weighted by Gasteiger charge is -2.13. The van der Waals surface area contributed by atoms with Gasteiger partial charge in [0.25, 0.3) is 0 Å². The minimum absolute atomic E-state index is 0.925. The van der Waals surface area contributed by atoms with Crippen LogP contribution in [0.3, 0.4) is 0 Å². The minimum atomic E-state index is 0.925. The topological polar surface area (TPSA) is 40.7 Å². The third-order valence-corrected chi connectivity index (χ3v) is 3.30. The number of rotatable bonds is 1. The number of nitrogens with one attached hydrogen (secondary N) is 2. The van der Waals surface area contributed by atoms with Gasteiger partial charge in [0.1, 0.15) is 0 Å². The predicted molar refractivity (Wildman–Crippen MR) is 68.9 cm³/mol. The van der Waals surface area contributed by atoms with Gasteiger partial charge in [-0.3, -0.25) is 5.10 Å². The van der Waals surface area contributed by atoms with Gasteiger partial charge in [0.05, 0.1) is 5.69 Å². The summed E-state index contributed by atoms with van der Waals surface area (Å²) < 4.78 is 0. The molecule has 1 aromatic carbocycles. The summed E-state index contributed by atoms with van der Waals surface area (Å²) in [4.78, 5) is 0. The van der Waals surface area contributed by atoms with Gasteiger partial charge < -0.3 is 5.32 Å². The first-order valence-corrected chi connectivity index (χ1v) is 6.09. The van der Waals surface area contributed by atoms with Crippen molar-refractivity contribution in [3.05, 3.63) is 40.6 Å². The highest BCUT2D eigenvalue weighted by atomic mass is 15.1. The molecule has 0 saturated carbocycles. The molecule has 0 fully saturated rings. The monoisotopic (exact) mass is 227 g/mol. The number of aromatic nitrogens is 2. The van der Waals surface area contributed by atoms with Gasteiger partial charge in [-0.15, -0.1) is 0 Å². The van der Waals surface area contributed by atoms with Gasteiger partial charge in [-0.1, -0.05) is 17.2 Å². The molecule has 0 unspecified atom stereocenters. The first-order valence-electron chi connectivity index (χ1n) is 6.09. The van der Waals surface area contributed by atoms with Gasteiger partial charge in [0.15, 0.2) is 0 Å². The Hall–Kier alpha value is -1.61. The number of hydrogen-bond donors (Lipinski definition) is 2. The quantitative estimate of drug-likeness (QED) is 0.785. The summed E-state index contributed by atoms with van der Waals surface area (Å²) in [5.41, 5.74) is 7.54. The number of aromatic amines is 1. The van der Waals surface area contributed by atoms with E-state index >= 15 is 0 Å². The third kappa shape index (κ3) is 1.87. The number of fused-ring (bicyclic) bond motifs is 1. The molecule has 2 heterocycles. The molecule has 0 aliphatic carbocycles. The van der Waals surface area contributed by atoms with Crippen LogP contribution in [0.25, 0.3) is 11.3 Å². The number of hydrogen-bond acceptors (Lipinski definition) is 2. The zero-order valence-corrected chi connectivity index (χ0v) is 10.3. The fraction of sp³-hybridized carbons (Fsp3) is 0.357. The van der Waals surface area contributed by atoms with Crippen LogP contribution in [-0.2, 0) is 13.0 Å². The number of aryl methyl sites for hydroxylation is 2. The first-order chi connectivity index (χ1) is 8.24. The molecule has 88 valence electrons. The van der Waals surface area contributed by atoms with Gasteiger partial charge in [-0.05, 0) is 26.0 Å². The molecule has 0 atom stereocenters. The van der Waals surface area contributed by atoms with Crippen LogP contribution in [0.15, 0.2) is 18.2 Å². The van der Waals surface area contributed by atoms with E-state index in [0.29, 0.717) is 0 Å². The van der Waals surface area contributed by atoms with Crippen molar-refractivity contribution in [1.29, 1.82) is 0 Å². The van der Waals surface area contributed by atoms with Gasteiger partial charge in [-0.25, -0.2) is 0 Å². The van der Waals surface area contributed by atoms with Crippen molar-refractivity contribution in [2.75, 3.05) is 6.54 Å². The molecule has 1 aliphatic rings. The molecule has 0 spiro atoms. The maximum atomic E-state index is 4.49. The highest BCUT2D eigenvalue weighted by molar-refractivity contribution is 5.66. The molecular weight excluding hydrogens is 210 g/mol. The molecule has 0 radical (unpaired) electrons. The average Bonchev–Trinajstić information content (AvgIpc) is 2.71. The largest absolute Gasteiger partial charge is 0.312 e. The van der Waals surface area contributed by atoms with Crippen LogP contribution in [0.5, 0.6) is 0 Å². The van der Waals surface area contributed by atoms with Crippen LogP contribution >= 0.6 is 0 Å². The summed E-state index contributed by atoms with van der Waals surface area (Å²) in [6.45, 7) is 6.23. The minimum Gasteiger partial charge on any atom is -0.312 e. The second kappa shape index (κ2) is 4.00. The van der Waals surface area contributed by atoms with E-state index in [1.54, 1.807) is 0 Å². The Labute approximate surface area is 101 Å². The Morgan fingerprint density at radius 3 is 2.65 bits per heavy atom. The van der Waals surface area contributed by atoms with Crippen molar-refractivity contribution in [3.63, 3.8) is 0 Å². The van der Waals surface area contributed by atoms with Gasteiger partial charge in [0, 0.05) is 36.3 Å². The van der Waals surface area contributed by atoms with Crippen LogP contribution in [0, 0.1) is 13.8 Å². The van der Waals surface area contributed by atoms with E-state index in [4.69, 9.17) is 0 Å². The Morgan fingerprint density at radius 2 is 1.88 bits per heavy atom. The molecule has 0 saturated heterocycles. The first kappa shape index (κ1) is 10.5. The van der Waals surface area contributed by atoms with E-state index in [0.717, 1.165) is 25.2 Å². The predicted octanol–water partition coefficient (Wildman–Crippen LogP) is 2.34. The molecule has 17 heavy (non-hydrogen) atoms. The number of nitrogens with zero attached hydrogens (tertiary/aromatic N) is 1. The molecule has 0 bridgehead atoms. The second-order valence-corrected chi connectivity index (χ2v) is 4.83. The zero-order chi connectivity index (χ0) is 11.8. The van der Waals surface area contributed by atoms with E-state index in [2.05, 4.69) is 47.6 Å². The highest BCUT2D eigenvalue weighted by Gasteiger charge is 2.17. The summed E-state index contributed by atoms with van der Waals surface area (Å²) in [5.74, 6) is 0. The van der Waals surface area contributed by atoms with Crippen molar-refractivity contribution >= 4 is 0 Å². The van der Waals surface area contributed by atoms with Crippen molar-refractivity contribution in [2.24, 2.45) is 0 Å². The van der Waals surface area contributed by atoms with E-state index in [1.807, 2.05) is 0 Å². The Bertz CT molecular complexity index is 534. The SMILES string of the molecule is Cc1cc(C)cc(-c2n[nH]c3c2CNCC3)c1. The second-order valence-electron chi connectivity index (χ2n) is 4.83. The lowest BCUT2D eigenvalue weighted by atomic mass is 9.99. The Morgan fingerprint density at radius 1 is 1.12 bits per heavy atom. The summed E-state index contributed by atoms with van der Waals surface area (Å²) in [5, 5.41) is 11.1. The Balaban J connectivity index is 2.11. The van der Waals surface area contributed by atoms with Gasteiger partial charge >= 0.3 is 0 Å². The van der Waals surface area contributed by atoms with Gasteiger partial charge in [0.2, 0.25) is 0 Å². The summed E-state index contributed by atoms with van der Waals surface area (Å²) in [7, 11) is 0. The van der Waals surface area contributed by atoms with E-state index in [9.17, 15) is 0 Å². The highest BCUT2D eigenvalue weighted by Crippen LogP contribution is 2.27. The molecule has 0 amide bonds. The van der Waals surface area contributed by atoms with Crippen LogP contribution < -0.4 is 5.32 Å². The average molecular weight is 227 g/mol. The zero-order valence-electron chi connectivity index (χ0n) is 10.3. The maximum absolute atomic E-state index is 4.49. The molecular formula is C14H17N3. The molecule has 1 aliphatic heterocycles. The van der Waals surface area contributed by atoms with Crippen LogP contribution in [0.2, 0.25) is 0 Å². The molecule has 2 N–H and O–H groups in total. The van der Waals surface area contributed by atoms with Gasteiger partial charge in [-0.2, -0.15) is 5.10 Å². The Kier molecular flexibility index (Phi) is 2.48. The number of benzene rings is 1. The van der Waals surface area contributed by atoms with Crippen molar-refractivity contribution in [2.45, 2.75) is 26.8 Å². The van der Waals surface area contributed by atoms with E-state index < -0.39 is 0 Å². The van der Waals surface area contributed by atoms with E-state index in [-0.39, 0.29) is 0 Å². The normalized spacial score (nSPS) is 14.7. The summed E-state index contributed by atoms with van der Waals surface area (Å²) in [6.07, 6.45) is 1.05. The fourth-order valence-corrected chi connectivity index (χ4v) is 2.58. The van der Waals surface area contributed by atoms with Crippen LogP contribution in [-0.4, -0.2) is 16.7 Å². The molecule has 3 rings (SSSR count). The lowest BCUT2D eigenvalue weighted by molar-refractivity contribution is 0.637. The molecule has 3 heteroatoms. The third-order valence-electron chi connectivity index (χ3n) is 3.30. The van der Waals surface area contributed by atoms with Crippen LogP contribution in [0.1, 0.15) is 22.4 Å². The summed E-state index contributed by atoms with van der Waals surface area (Å²) in [6, 6.07) is 6.61. The van der Waals surface area contributed by atoms with Crippen molar-refractivity contribution in [3.8, 4) is 11.3 Å².